The third-order valence-corrected chi connectivity index (χ3v) is 4.84. The van der Waals surface area contributed by atoms with Crippen molar-refractivity contribution in [3.8, 4) is 5.75 Å². The fraction of sp³-hybridized carbons (Fsp3) is 0.182. The van der Waals surface area contributed by atoms with E-state index < -0.39 is 11.9 Å². The SMILES string of the molecule is CCOC(=O)C1=C(N)Oc2c(c(=O)[nH]c3ccc(C)cc23)C1c1ccccc1. The minimum Gasteiger partial charge on any atom is -0.462 e. The zero-order valence-electron chi connectivity index (χ0n) is 15.6. The Kier molecular flexibility index (Phi) is 4.39. The maximum atomic E-state index is 13.0. The summed E-state index contributed by atoms with van der Waals surface area (Å²) in [6, 6.07) is 14.9. The van der Waals surface area contributed by atoms with Crippen LogP contribution in [0, 0.1) is 6.92 Å². The molecule has 0 radical (unpaired) electrons. The molecule has 28 heavy (non-hydrogen) atoms. The topological polar surface area (TPSA) is 94.4 Å². The molecule has 3 N–H and O–H groups in total. The van der Waals surface area contributed by atoms with Crippen molar-refractivity contribution in [3.05, 3.63) is 87.0 Å². The van der Waals surface area contributed by atoms with Gasteiger partial charge in [-0.2, -0.15) is 0 Å². The number of pyridine rings is 1. The lowest BCUT2D eigenvalue weighted by Gasteiger charge is -2.28. The second-order valence-electron chi connectivity index (χ2n) is 6.69. The number of carbonyl (C=O) groups excluding carboxylic acids is 1. The normalized spacial score (nSPS) is 15.9. The number of ether oxygens (including phenoxy) is 2. The monoisotopic (exact) mass is 376 g/mol. The molecule has 3 aromatic rings. The van der Waals surface area contributed by atoms with Gasteiger partial charge >= 0.3 is 5.97 Å². The number of fused-ring (bicyclic) bond motifs is 3. The molecule has 1 aromatic heterocycles. The molecule has 1 unspecified atom stereocenters. The van der Waals surface area contributed by atoms with Gasteiger partial charge in [0.05, 0.1) is 23.6 Å². The molecule has 0 bridgehead atoms. The van der Waals surface area contributed by atoms with Gasteiger partial charge in [0.25, 0.3) is 5.56 Å². The number of carbonyl (C=O) groups is 1. The summed E-state index contributed by atoms with van der Waals surface area (Å²) in [4.78, 5) is 28.6. The molecule has 4 rings (SSSR count). The summed E-state index contributed by atoms with van der Waals surface area (Å²) in [5.41, 5.74) is 8.76. The van der Waals surface area contributed by atoms with Crippen molar-refractivity contribution in [2.45, 2.75) is 19.8 Å². The molecular weight excluding hydrogens is 356 g/mol. The van der Waals surface area contributed by atoms with E-state index in [0.29, 0.717) is 16.8 Å². The summed E-state index contributed by atoms with van der Waals surface area (Å²) < 4.78 is 11.0. The standard InChI is InChI=1S/C22H20N2O4/c1-3-27-22(26)18-16(13-7-5-4-6-8-13)17-19(28-20(18)23)14-11-12(2)9-10-15(14)24-21(17)25/h4-11,16H,3,23H2,1-2H3,(H,24,25). The lowest BCUT2D eigenvalue weighted by Crippen LogP contribution is -2.32. The second kappa shape index (κ2) is 6.88. The fourth-order valence-electron chi connectivity index (χ4n) is 3.62. The van der Waals surface area contributed by atoms with Crippen LogP contribution < -0.4 is 16.0 Å². The highest BCUT2D eigenvalue weighted by Crippen LogP contribution is 2.43. The summed E-state index contributed by atoms with van der Waals surface area (Å²) in [5, 5.41) is 0.737. The van der Waals surface area contributed by atoms with Gasteiger partial charge in [-0.15, -0.1) is 0 Å². The summed E-state index contributed by atoms with van der Waals surface area (Å²) in [7, 11) is 0. The molecule has 1 aliphatic heterocycles. The highest BCUT2D eigenvalue weighted by molar-refractivity contribution is 5.95. The van der Waals surface area contributed by atoms with Crippen LogP contribution in [0.2, 0.25) is 0 Å². The fourth-order valence-corrected chi connectivity index (χ4v) is 3.62. The van der Waals surface area contributed by atoms with Gasteiger partial charge in [0.15, 0.2) is 0 Å². The van der Waals surface area contributed by atoms with Crippen LogP contribution in [-0.4, -0.2) is 17.6 Å². The zero-order valence-corrected chi connectivity index (χ0v) is 15.6. The van der Waals surface area contributed by atoms with Crippen molar-refractivity contribution in [1.82, 2.24) is 4.98 Å². The lowest BCUT2D eigenvalue weighted by molar-refractivity contribution is -0.139. The van der Waals surface area contributed by atoms with Gasteiger partial charge in [-0.1, -0.05) is 42.0 Å². The van der Waals surface area contributed by atoms with E-state index in [2.05, 4.69) is 4.98 Å². The maximum absolute atomic E-state index is 13.0. The van der Waals surface area contributed by atoms with E-state index >= 15 is 0 Å². The quantitative estimate of drug-likeness (QED) is 0.685. The Morgan fingerprint density at radius 2 is 1.96 bits per heavy atom. The van der Waals surface area contributed by atoms with Crippen LogP contribution in [0.25, 0.3) is 10.9 Å². The number of hydrogen-bond donors (Lipinski definition) is 2. The van der Waals surface area contributed by atoms with Crippen LogP contribution in [0.4, 0.5) is 0 Å². The Bertz CT molecular complexity index is 1160. The van der Waals surface area contributed by atoms with Crippen molar-refractivity contribution < 1.29 is 14.3 Å². The number of nitrogens with two attached hydrogens (primary N) is 1. The third kappa shape index (κ3) is 2.83. The molecule has 0 spiro atoms. The number of aryl methyl sites for hydroxylation is 1. The summed E-state index contributed by atoms with van der Waals surface area (Å²) in [6.45, 7) is 3.86. The van der Waals surface area contributed by atoms with Gasteiger partial charge in [-0.05, 0) is 31.5 Å². The van der Waals surface area contributed by atoms with Crippen LogP contribution >= 0.6 is 0 Å². The number of nitrogens with one attached hydrogen (secondary N) is 1. The molecule has 1 atom stereocenters. The second-order valence-corrected chi connectivity index (χ2v) is 6.69. The number of aromatic amines is 1. The predicted molar refractivity (Wildman–Crippen MR) is 106 cm³/mol. The smallest absolute Gasteiger partial charge is 0.340 e. The van der Waals surface area contributed by atoms with Crippen LogP contribution in [0.3, 0.4) is 0 Å². The molecular formula is C22H20N2O4. The van der Waals surface area contributed by atoms with Crippen molar-refractivity contribution in [1.29, 1.82) is 0 Å². The van der Waals surface area contributed by atoms with Crippen LogP contribution in [0.1, 0.15) is 29.5 Å². The van der Waals surface area contributed by atoms with E-state index in [4.69, 9.17) is 15.2 Å². The Balaban J connectivity index is 2.05. The van der Waals surface area contributed by atoms with Crippen LogP contribution in [-0.2, 0) is 9.53 Å². The average Bonchev–Trinajstić information content (AvgIpc) is 2.68. The van der Waals surface area contributed by atoms with Gasteiger partial charge in [-0.3, -0.25) is 4.79 Å². The van der Waals surface area contributed by atoms with E-state index in [-0.39, 0.29) is 23.6 Å². The molecule has 0 saturated carbocycles. The average molecular weight is 376 g/mol. The van der Waals surface area contributed by atoms with E-state index in [1.807, 2.05) is 55.5 Å². The molecule has 2 aromatic carbocycles. The van der Waals surface area contributed by atoms with Crippen molar-refractivity contribution in [2.75, 3.05) is 6.61 Å². The van der Waals surface area contributed by atoms with E-state index in [1.54, 1.807) is 6.92 Å². The van der Waals surface area contributed by atoms with Crippen molar-refractivity contribution in [3.63, 3.8) is 0 Å². The van der Waals surface area contributed by atoms with Crippen LogP contribution in [0.15, 0.2) is 64.8 Å². The van der Waals surface area contributed by atoms with Gasteiger partial charge in [-0.25, -0.2) is 4.79 Å². The predicted octanol–water partition coefficient (Wildman–Crippen LogP) is 3.09. The first-order valence-corrected chi connectivity index (χ1v) is 9.07. The van der Waals surface area contributed by atoms with Crippen LogP contribution in [0.5, 0.6) is 5.75 Å². The van der Waals surface area contributed by atoms with Gasteiger partial charge < -0.3 is 20.2 Å². The van der Waals surface area contributed by atoms with E-state index in [0.717, 1.165) is 16.5 Å². The molecule has 142 valence electrons. The molecule has 6 nitrogen and oxygen atoms in total. The Morgan fingerprint density at radius 3 is 2.68 bits per heavy atom. The summed E-state index contributed by atoms with van der Waals surface area (Å²) in [5.74, 6) is -0.948. The first-order valence-electron chi connectivity index (χ1n) is 9.07. The molecule has 0 saturated heterocycles. The van der Waals surface area contributed by atoms with E-state index in [1.165, 1.54) is 0 Å². The van der Waals surface area contributed by atoms with Gasteiger partial charge in [0.1, 0.15) is 11.3 Å². The number of rotatable bonds is 3. The molecule has 2 heterocycles. The first-order chi connectivity index (χ1) is 13.5. The number of esters is 1. The first kappa shape index (κ1) is 17.9. The zero-order chi connectivity index (χ0) is 19.8. The van der Waals surface area contributed by atoms with Crippen molar-refractivity contribution >= 4 is 16.9 Å². The Labute approximate surface area is 161 Å². The Morgan fingerprint density at radius 1 is 1.21 bits per heavy atom. The highest BCUT2D eigenvalue weighted by atomic mass is 16.5. The lowest BCUT2D eigenvalue weighted by atomic mass is 9.83. The number of H-pyrrole nitrogens is 1. The van der Waals surface area contributed by atoms with Gasteiger partial charge in [0.2, 0.25) is 5.88 Å². The highest BCUT2D eigenvalue weighted by Gasteiger charge is 2.38. The van der Waals surface area contributed by atoms with E-state index in [9.17, 15) is 9.59 Å². The molecule has 6 heteroatoms. The molecule has 1 aliphatic rings. The molecule has 0 amide bonds. The number of aromatic nitrogens is 1. The largest absolute Gasteiger partial charge is 0.462 e. The maximum Gasteiger partial charge on any atom is 0.340 e. The molecule has 0 fully saturated rings. The minimum absolute atomic E-state index is 0.0480. The van der Waals surface area contributed by atoms with Gasteiger partial charge in [0, 0.05) is 5.39 Å². The number of benzene rings is 2. The molecule has 0 aliphatic carbocycles. The summed E-state index contributed by atoms with van der Waals surface area (Å²) >= 11 is 0. The number of hydrogen-bond acceptors (Lipinski definition) is 5. The third-order valence-electron chi connectivity index (χ3n) is 4.84. The summed E-state index contributed by atoms with van der Waals surface area (Å²) in [6.07, 6.45) is 0. The Hall–Kier alpha value is -3.54. The van der Waals surface area contributed by atoms with Crippen molar-refractivity contribution in [2.24, 2.45) is 5.73 Å². The minimum atomic E-state index is -0.683.